The van der Waals surface area contributed by atoms with Crippen molar-refractivity contribution in [3.63, 3.8) is 0 Å². The highest BCUT2D eigenvalue weighted by molar-refractivity contribution is 5.79. The summed E-state index contributed by atoms with van der Waals surface area (Å²) in [6.45, 7) is 7.62. The van der Waals surface area contributed by atoms with Gasteiger partial charge >= 0.3 is 0 Å². The molecule has 3 rings (SSSR count). The molecule has 4 nitrogen and oxygen atoms in total. The van der Waals surface area contributed by atoms with Crippen molar-refractivity contribution in [1.82, 2.24) is 10.2 Å². The summed E-state index contributed by atoms with van der Waals surface area (Å²) in [7, 11) is 0. The highest BCUT2D eigenvalue weighted by atomic mass is 16.1. The summed E-state index contributed by atoms with van der Waals surface area (Å²) in [4.78, 5) is 17.2. The second kappa shape index (κ2) is 8.52. The normalized spacial score (nSPS) is 21.0. The molecule has 132 valence electrons. The zero-order valence-electron chi connectivity index (χ0n) is 14.9. The van der Waals surface area contributed by atoms with E-state index in [1.54, 1.807) is 0 Å². The Morgan fingerprint density at radius 2 is 1.79 bits per heavy atom. The summed E-state index contributed by atoms with van der Waals surface area (Å²) in [5.41, 5.74) is 1.33. The summed E-state index contributed by atoms with van der Waals surface area (Å²) < 4.78 is 0. The maximum Gasteiger partial charge on any atom is 0.223 e. The predicted molar refractivity (Wildman–Crippen MR) is 99.3 cm³/mol. The Bertz CT molecular complexity index is 505. The molecule has 1 aromatic carbocycles. The molecule has 0 spiro atoms. The minimum atomic E-state index is 0.280. The first-order valence-electron chi connectivity index (χ1n) is 9.55. The molecule has 2 aliphatic rings. The molecule has 0 aromatic heterocycles. The molecule has 1 saturated carbocycles. The first kappa shape index (κ1) is 17.3. The number of rotatable bonds is 6. The molecule has 1 heterocycles. The van der Waals surface area contributed by atoms with Gasteiger partial charge in [0, 0.05) is 50.4 Å². The molecule has 24 heavy (non-hydrogen) atoms. The van der Waals surface area contributed by atoms with E-state index in [0.29, 0.717) is 0 Å². The van der Waals surface area contributed by atoms with Crippen molar-refractivity contribution in [1.29, 1.82) is 0 Å². The monoisotopic (exact) mass is 329 g/mol. The second-order valence-corrected chi connectivity index (χ2v) is 7.34. The van der Waals surface area contributed by atoms with Gasteiger partial charge in [0.25, 0.3) is 0 Å². The molecule has 2 fully saturated rings. The van der Waals surface area contributed by atoms with Gasteiger partial charge in [0.2, 0.25) is 5.91 Å². The molecular formula is C20H31N3O. The Kier molecular flexibility index (Phi) is 6.13. The van der Waals surface area contributed by atoms with E-state index in [4.69, 9.17) is 0 Å². The molecule has 0 bridgehead atoms. The third-order valence-electron chi connectivity index (χ3n) is 5.49. The van der Waals surface area contributed by atoms with Crippen LogP contribution in [0.15, 0.2) is 30.3 Å². The quantitative estimate of drug-likeness (QED) is 0.872. The summed E-state index contributed by atoms with van der Waals surface area (Å²) in [5, 5.41) is 3.22. The Balaban J connectivity index is 1.35. The lowest BCUT2D eigenvalue weighted by Gasteiger charge is -2.36. The molecule has 1 aliphatic carbocycles. The van der Waals surface area contributed by atoms with Gasteiger partial charge in [-0.1, -0.05) is 31.0 Å². The van der Waals surface area contributed by atoms with Gasteiger partial charge in [0.05, 0.1) is 0 Å². The van der Waals surface area contributed by atoms with Crippen molar-refractivity contribution in [2.75, 3.05) is 37.6 Å². The van der Waals surface area contributed by atoms with Crippen LogP contribution in [0.25, 0.3) is 0 Å². The molecule has 4 heteroatoms. The fourth-order valence-electron chi connectivity index (χ4n) is 3.87. The van der Waals surface area contributed by atoms with E-state index in [-0.39, 0.29) is 17.9 Å². The molecular weight excluding hydrogens is 298 g/mol. The summed E-state index contributed by atoms with van der Waals surface area (Å²) in [6.07, 6.45) is 5.65. The van der Waals surface area contributed by atoms with Crippen LogP contribution in [0.3, 0.4) is 0 Å². The lowest BCUT2D eigenvalue weighted by molar-refractivity contribution is -0.125. The van der Waals surface area contributed by atoms with Crippen molar-refractivity contribution >= 4 is 11.6 Å². The van der Waals surface area contributed by atoms with Crippen LogP contribution in [0.1, 0.15) is 39.0 Å². The number of nitrogens with zero attached hydrogens (tertiary/aromatic N) is 2. The number of hydrogen-bond donors (Lipinski definition) is 1. The summed E-state index contributed by atoms with van der Waals surface area (Å²) in [5.74, 6) is 0.566. The fraction of sp³-hybridized carbons (Fsp3) is 0.650. The van der Waals surface area contributed by atoms with Crippen LogP contribution in [-0.4, -0.2) is 49.6 Å². The highest BCUT2D eigenvalue weighted by Crippen LogP contribution is 2.24. The fourth-order valence-corrected chi connectivity index (χ4v) is 3.87. The predicted octanol–water partition coefficient (Wildman–Crippen LogP) is 2.89. The molecule has 1 aromatic rings. The minimum absolute atomic E-state index is 0.280. The number of piperazine rings is 1. The van der Waals surface area contributed by atoms with Crippen molar-refractivity contribution in [3.05, 3.63) is 30.3 Å². The van der Waals surface area contributed by atoms with E-state index in [2.05, 4.69) is 52.4 Å². The summed E-state index contributed by atoms with van der Waals surface area (Å²) in [6, 6.07) is 10.9. The van der Waals surface area contributed by atoms with Crippen LogP contribution in [0, 0.1) is 5.92 Å². The lowest BCUT2D eigenvalue weighted by atomic mass is 10.1. The van der Waals surface area contributed by atoms with Crippen LogP contribution in [0.5, 0.6) is 0 Å². The van der Waals surface area contributed by atoms with E-state index in [1.807, 2.05) is 0 Å². The summed E-state index contributed by atoms with van der Waals surface area (Å²) >= 11 is 0. The molecule has 1 atom stereocenters. The standard InChI is InChI=1S/C20H31N3O/c1-17(21-20(24)18-7-5-6-8-18)11-12-22-13-15-23(16-14-22)19-9-3-2-4-10-19/h2-4,9-10,17-18H,5-8,11-16H2,1H3,(H,21,24)/t17-/m1/s1. The number of benzene rings is 1. The van der Waals surface area contributed by atoms with Gasteiger partial charge in [0.15, 0.2) is 0 Å². The molecule has 1 aliphatic heterocycles. The molecule has 1 saturated heterocycles. The highest BCUT2D eigenvalue weighted by Gasteiger charge is 2.24. The van der Waals surface area contributed by atoms with Gasteiger partial charge in [-0.25, -0.2) is 0 Å². The topological polar surface area (TPSA) is 35.6 Å². The van der Waals surface area contributed by atoms with Gasteiger partial charge < -0.3 is 10.2 Å². The maximum atomic E-state index is 12.2. The Morgan fingerprint density at radius 3 is 2.46 bits per heavy atom. The van der Waals surface area contributed by atoms with Gasteiger partial charge in [-0.05, 0) is 38.3 Å². The number of para-hydroxylation sites is 1. The number of nitrogens with one attached hydrogen (secondary N) is 1. The van der Waals surface area contributed by atoms with Crippen LogP contribution >= 0.6 is 0 Å². The second-order valence-electron chi connectivity index (χ2n) is 7.34. The van der Waals surface area contributed by atoms with E-state index in [0.717, 1.165) is 52.0 Å². The van der Waals surface area contributed by atoms with Gasteiger partial charge in [0.1, 0.15) is 0 Å². The maximum absolute atomic E-state index is 12.2. The number of hydrogen-bond acceptors (Lipinski definition) is 3. The first-order chi connectivity index (χ1) is 11.7. The lowest BCUT2D eigenvalue weighted by Crippen LogP contribution is -2.47. The molecule has 1 amide bonds. The largest absolute Gasteiger partial charge is 0.369 e. The third kappa shape index (κ3) is 4.73. The van der Waals surface area contributed by atoms with Crippen molar-refractivity contribution in [2.24, 2.45) is 5.92 Å². The zero-order chi connectivity index (χ0) is 16.8. The average molecular weight is 329 g/mol. The number of anilines is 1. The smallest absolute Gasteiger partial charge is 0.223 e. The Hall–Kier alpha value is -1.55. The average Bonchev–Trinajstić information content (AvgIpc) is 3.16. The number of carbonyl (C=O) groups excluding carboxylic acids is 1. The van der Waals surface area contributed by atoms with Crippen LogP contribution in [-0.2, 0) is 4.79 Å². The van der Waals surface area contributed by atoms with Gasteiger partial charge in [-0.15, -0.1) is 0 Å². The van der Waals surface area contributed by atoms with Gasteiger partial charge in [-0.2, -0.15) is 0 Å². The first-order valence-corrected chi connectivity index (χ1v) is 9.55. The SMILES string of the molecule is C[C@H](CCN1CCN(c2ccccc2)CC1)NC(=O)C1CCCC1. The molecule has 0 radical (unpaired) electrons. The van der Waals surface area contributed by atoms with Crippen molar-refractivity contribution in [3.8, 4) is 0 Å². The number of amides is 1. The van der Waals surface area contributed by atoms with E-state index >= 15 is 0 Å². The Morgan fingerprint density at radius 1 is 1.12 bits per heavy atom. The van der Waals surface area contributed by atoms with Crippen LogP contribution < -0.4 is 10.2 Å². The van der Waals surface area contributed by atoms with Gasteiger partial charge in [-0.3, -0.25) is 9.69 Å². The third-order valence-corrected chi connectivity index (χ3v) is 5.49. The van der Waals surface area contributed by atoms with E-state index in [1.165, 1.54) is 18.5 Å². The van der Waals surface area contributed by atoms with Crippen molar-refractivity contribution < 1.29 is 4.79 Å². The van der Waals surface area contributed by atoms with Crippen LogP contribution in [0.4, 0.5) is 5.69 Å². The number of carbonyl (C=O) groups is 1. The van der Waals surface area contributed by atoms with E-state index < -0.39 is 0 Å². The molecule has 0 unspecified atom stereocenters. The van der Waals surface area contributed by atoms with Crippen LogP contribution in [0.2, 0.25) is 0 Å². The minimum Gasteiger partial charge on any atom is -0.369 e. The van der Waals surface area contributed by atoms with E-state index in [9.17, 15) is 4.79 Å². The van der Waals surface area contributed by atoms with Crippen molar-refractivity contribution in [2.45, 2.75) is 45.1 Å². The Labute approximate surface area is 146 Å². The zero-order valence-corrected chi connectivity index (χ0v) is 14.9. The molecule has 1 N–H and O–H groups in total.